The van der Waals surface area contributed by atoms with Gasteiger partial charge in [-0.05, 0) is 68.0 Å². The maximum atomic E-state index is 15.7. The van der Waals surface area contributed by atoms with Crippen LogP contribution in [0.25, 0.3) is 5.57 Å². The predicted molar refractivity (Wildman–Crippen MR) is 136 cm³/mol. The van der Waals surface area contributed by atoms with Crippen LogP contribution in [0.5, 0.6) is 5.75 Å². The predicted octanol–water partition coefficient (Wildman–Crippen LogP) is 6.64. The minimum absolute atomic E-state index is 0.00932. The molecule has 0 spiro atoms. The summed E-state index contributed by atoms with van der Waals surface area (Å²) >= 11 is 0. The van der Waals surface area contributed by atoms with Crippen molar-refractivity contribution in [3.63, 3.8) is 0 Å². The molecule has 3 aromatic rings. The number of ether oxygens (including phenoxy) is 1. The molecule has 2 atom stereocenters. The number of benzene rings is 2. The summed E-state index contributed by atoms with van der Waals surface area (Å²) in [4.78, 5) is 16.8. The standard InChI is InChI=1S/C30H29F3N2O2/c1-18-10-24-23-7-5-4-6-20(23)11-25(24)29(35(18)17-30(2,3)33)28-26(31)12-22(13-27(28)32)37-16-21-9-8-19(15-36)14-34-21/h4-9,12-15,18,29H,10-11,16-17H2,1-3H3/t18-,29+/m1/s1. The highest BCUT2D eigenvalue weighted by Crippen LogP contribution is 2.50. The normalized spacial score (nSPS) is 19.5. The van der Waals surface area contributed by atoms with E-state index in [-0.39, 0.29) is 30.5 Å². The maximum Gasteiger partial charge on any atom is 0.151 e. The first-order valence-corrected chi connectivity index (χ1v) is 12.4. The molecule has 0 saturated heterocycles. The Morgan fingerprint density at radius 1 is 1.14 bits per heavy atom. The van der Waals surface area contributed by atoms with Crippen LogP contribution in [0, 0.1) is 11.6 Å². The summed E-state index contributed by atoms with van der Waals surface area (Å²) in [5, 5.41) is 0. The van der Waals surface area contributed by atoms with Gasteiger partial charge in [-0.1, -0.05) is 24.3 Å². The van der Waals surface area contributed by atoms with Gasteiger partial charge in [-0.25, -0.2) is 13.2 Å². The van der Waals surface area contributed by atoms with Gasteiger partial charge in [-0.3, -0.25) is 14.7 Å². The number of alkyl halides is 1. The van der Waals surface area contributed by atoms with Gasteiger partial charge in [0.15, 0.2) is 6.29 Å². The SMILES string of the molecule is C[C@@H]1CC2=C(Cc3ccccc32)[C@@H](c2c(F)cc(OCc3ccc(C=O)cn3)cc2F)N1CC(C)(C)F. The zero-order valence-electron chi connectivity index (χ0n) is 21.1. The Labute approximate surface area is 214 Å². The van der Waals surface area contributed by atoms with Gasteiger partial charge in [0.05, 0.1) is 11.7 Å². The number of nitrogens with zero attached hydrogens (tertiary/aromatic N) is 2. The third-order valence-electron chi connectivity index (χ3n) is 7.09. The highest BCUT2D eigenvalue weighted by molar-refractivity contribution is 5.79. The van der Waals surface area contributed by atoms with Crippen molar-refractivity contribution in [2.45, 2.75) is 58.0 Å². The minimum Gasteiger partial charge on any atom is -0.487 e. The fourth-order valence-corrected chi connectivity index (χ4v) is 5.50. The number of aromatic nitrogens is 1. The fraction of sp³-hybridized carbons (Fsp3) is 0.333. The van der Waals surface area contributed by atoms with E-state index < -0.39 is 23.3 Å². The first-order chi connectivity index (χ1) is 17.6. The van der Waals surface area contributed by atoms with Crippen molar-refractivity contribution in [3.8, 4) is 5.75 Å². The van der Waals surface area contributed by atoms with Gasteiger partial charge in [0.2, 0.25) is 0 Å². The Hall–Kier alpha value is -3.45. The Morgan fingerprint density at radius 2 is 1.86 bits per heavy atom. The van der Waals surface area contributed by atoms with E-state index >= 15 is 8.78 Å². The minimum atomic E-state index is -1.54. The molecule has 7 heteroatoms. The number of fused-ring (bicyclic) bond motifs is 2. The Morgan fingerprint density at radius 3 is 2.51 bits per heavy atom. The lowest BCUT2D eigenvalue weighted by Gasteiger charge is -2.44. The van der Waals surface area contributed by atoms with Crippen molar-refractivity contribution in [3.05, 3.63) is 99.9 Å². The molecule has 4 nitrogen and oxygen atoms in total. The van der Waals surface area contributed by atoms with Crippen LogP contribution in [0.4, 0.5) is 13.2 Å². The van der Waals surface area contributed by atoms with Gasteiger partial charge in [0, 0.05) is 42.0 Å². The van der Waals surface area contributed by atoms with Gasteiger partial charge in [-0.2, -0.15) is 0 Å². The molecule has 0 N–H and O–H groups in total. The summed E-state index contributed by atoms with van der Waals surface area (Å²) < 4.78 is 52.0. The molecule has 0 saturated carbocycles. The van der Waals surface area contributed by atoms with Gasteiger partial charge in [0.1, 0.15) is 29.7 Å². The molecule has 37 heavy (non-hydrogen) atoms. The van der Waals surface area contributed by atoms with Gasteiger partial charge < -0.3 is 4.74 Å². The van der Waals surface area contributed by atoms with Crippen LogP contribution in [0.3, 0.4) is 0 Å². The molecule has 1 aliphatic heterocycles. The first-order valence-electron chi connectivity index (χ1n) is 12.4. The zero-order chi connectivity index (χ0) is 26.3. The average molecular weight is 507 g/mol. The number of rotatable bonds is 7. The molecule has 5 rings (SSSR count). The van der Waals surface area contributed by atoms with E-state index in [9.17, 15) is 9.18 Å². The van der Waals surface area contributed by atoms with Gasteiger partial charge >= 0.3 is 0 Å². The molecule has 2 aromatic carbocycles. The molecule has 192 valence electrons. The number of hydrogen-bond acceptors (Lipinski definition) is 4. The van der Waals surface area contributed by atoms with Crippen molar-refractivity contribution >= 4 is 11.9 Å². The summed E-state index contributed by atoms with van der Waals surface area (Å²) in [6, 6.07) is 12.8. The molecule has 2 heterocycles. The molecular formula is C30H29F3N2O2. The lowest BCUT2D eigenvalue weighted by atomic mass is 9.84. The van der Waals surface area contributed by atoms with E-state index in [1.807, 2.05) is 30.0 Å². The lowest BCUT2D eigenvalue weighted by Crippen LogP contribution is -2.47. The Kier molecular flexibility index (Phi) is 6.67. The number of carbonyl (C=O) groups is 1. The van der Waals surface area contributed by atoms with Crippen LogP contribution >= 0.6 is 0 Å². The molecule has 0 bridgehead atoms. The number of aldehydes is 1. The van der Waals surface area contributed by atoms with Crippen molar-refractivity contribution in [2.24, 2.45) is 0 Å². The summed E-state index contributed by atoms with van der Waals surface area (Å²) in [5.74, 6) is -1.43. The van der Waals surface area contributed by atoms with E-state index in [2.05, 4.69) is 11.1 Å². The largest absolute Gasteiger partial charge is 0.487 e. The molecular weight excluding hydrogens is 477 g/mol. The molecule has 0 radical (unpaired) electrons. The number of pyridine rings is 1. The monoisotopic (exact) mass is 506 g/mol. The van der Waals surface area contributed by atoms with Gasteiger partial charge in [-0.15, -0.1) is 0 Å². The van der Waals surface area contributed by atoms with Crippen LogP contribution in [0.2, 0.25) is 0 Å². The second-order valence-corrected chi connectivity index (χ2v) is 10.5. The van der Waals surface area contributed by atoms with E-state index in [0.717, 1.165) is 22.3 Å². The Bertz CT molecular complexity index is 1340. The van der Waals surface area contributed by atoms with E-state index in [1.54, 1.807) is 12.1 Å². The van der Waals surface area contributed by atoms with Crippen LogP contribution in [0.15, 0.2) is 60.3 Å². The van der Waals surface area contributed by atoms with E-state index in [0.29, 0.717) is 30.4 Å². The van der Waals surface area contributed by atoms with Crippen molar-refractivity contribution < 1.29 is 22.7 Å². The maximum absolute atomic E-state index is 15.7. The zero-order valence-corrected chi connectivity index (χ0v) is 21.1. The summed E-state index contributed by atoms with van der Waals surface area (Å²) in [7, 11) is 0. The van der Waals surface area contributed by atoms with Crippen molar-refractivity contribution in [1.82, 2.24) is 9.88 Å². The molecule has 0 fully saturated rings. The third-order valence-corrected chi connectivity index (χ3v) is 7.09. The average Bonchev–Trinajstić information content (AvgIpc) is 3.21. The molecule has 2 aliphatic rings. The van der Waals surface area contributed by atoms with E-state index in [1.165, 1.54) is 32.2 Å². The topological polar surface area (TPSA) is 42.4 Å². The van der Waals surface area contributed by atoms with Crippen LogP contribution < -0.4 is 4.74 Å². The molecule has 1 aliphatic carbocycles. The number of carbonyl (C=O) groups excluding carboxylic acids is 1. The first kappa shape index (κ1) is 25.2. The molecule has 0 unspecified atom stereocenters. The summed E-state index contributed by atoms with van der Waals surface area (Å²) in [6.07, 6.45) is 3.36. The summed E-state index contributed by atoms with van der Waals surface area (Å²) in [6.45, 7) is 5.00. The van der Waals surface area contributed by atoms with Crippen LogP contribution in [-0.4, -0.2) is 34.4 Å². The fourth-order valence-electron chi connectivity index (χ4n) is 5.50. The second kappa shape index (κ2) is 9.78. The van der Waals surface area contributed by atoms with Crippen LogP contribution in [-0.2, 0) is 13.0 Å². The smallest absolute Gasteiger partial charge is 0.151 e. The highest BCUT2D eigenvalue weighted by atomic mass is 19.1. The molecule has 1 aromatic heterocycles. The lowest BCUT2D eigenvalue weighted by molar-refractivity contribution is 0.0676. The summed E-state index contributed by atoms with van der Waals surface area (Å²) in [5.41, 5.74) is 3.58. The Balaban J connectivity index is 1.50. The van der Waals surface area contributed by atoms with Crippen molar-refractivity contribution in [1.29, 1.82) is 0 Å². The van der Waals surface area contributed by atoms with E-state index in [4.69, 9.17) is 4.74 Å². The number of hydrogen-bond donors (Lipinski definition) is 0. The molecule has 0 amide bonds. The quantitative estimate of drug-likeness (QED) is 0.337. The van der Waals surface area contributed by atoms with Crippen molar-refractivity contribution in [2.75, 3.05) is 6.54 Å². The number of halogens is 3. The third kappa shape index (κ3) is 5.05. The van der Waals surface area contributed by atoms with Gasteiger partial charge in [0.25, 0.3) is 0 Å². The van der Waals surface area contributed by atoms with Crippen LogP contribution in [0.1, 0.15) is 66.0 Å². The second-order valence-electron chi connectivity index (χ2n) is 10.5. The highest BCUT2D eigenvalue weighted by Gasteiger charge is 2.42.